The minimum Gasteiger partial charge on any atom is -0.385 e. The number of benzene rings is 1. The molecule has 0 unspecified atom stereocenters. The van der Waals surface area contributed by atoms with Crippen LogP contribution in [0.25, 0.3) is 11.3 Å². The highest BCUT2D eigenvalue weighted by Gasteiger charge is 2.27. The average Bonchev–Trinajstić information content (AvgIpc) is 2.48. The molecule has 0 bridgehead atoms. The summed E-state index contributed by atoms with van der Waals surface area (Å²) in [4.78, 5) is 17.3. The lowest BCUT2D eigenvalue weighted by Gasteiger charge is -2.38. The van der Waals surface area contributed by atoms with Crippen molar-refractivity contribution in [3.63, 3.8) is 0 Å². The van der Waals surface area contributed by atoms with Crippen molar-refractivity contribution in [3.05, 3.63) is 47.9 Å². The lowest BCUT2D eigenvalue weighted by molar-refractivity contribution is -0.134. The number of amides is 1. The number of anilines is 1. The fourth-order valence-electron chi connectivity index (χ4n) is 2.67. The van der Waals surface area contributed by atoms with Gasteiger partial charge in [0, 0.05) is 49.9 Å². The zero-order valence-electron chi connectivity index (χ0n) is 13.3. The van der Waals surface area contributed by atoms with E-state index < -0.39 is 0 Å². The number of nitrogens with zero attached hydrogens (tertiary/aromatic N) is 2. The van der Waals surface area contributed by atoms with Crippen LogP contribution in [0.3, 0.4) is 0 Å². The number of hydrogen-bond donors (Lipinski definition) is 1. The third-order valence-corrected chi connectivity index (χ3v) is 4.22. The van der Waals surface area contributed by atoms with Crippen LogP contribution >= 0.6 is 0 Å². The summed E-state index contributed by atoms with van der Waals surface area (Å²) < 4.78 is 13.7. The highest BCUT2D eigenvalue weighted by Crippen LogP contribution is 2.23. The number of carbonyl (C=O) groups excluding carboxylic acids is 1. The monoisotopic (exact) mass is 313 g/mol. The maximum Gasteiger partial charge on any atom is 0.219 e. The van der Waals surface area contributed by atoms with Crippen LogP contribution in [0.2, 0.25) is 0 Å². The van der Waals surface area contributed by atoms with Crippen LogP contribution in [0.5, 0.6) is 0 Å². The Labute approximate surface area is 135 Å². The minimum atomic E-state index is -0.221. The molecule has 1 aromatic heterocycles. The fraction of sp³-hybridized carbons (Fsp3) is 0.333. The molecule has 120 valence electrons. The molecule has 4 nitrogen and oxygen atoms in total. The van der Waals surface area contributed by atoms with E-state index in [2.05, 4.69) is 10.3 Å². The molecule has 23 heavy (non-hydrogen) atoms. The van der Waals surface area contributed by atoms with Crippen LogP contribution in [-0.4, -0.2) is 35.4 Å². The fourth-order valence-corrected chi connectivity index (χ4v) is 2.67. The van der Waals surface area contributed by atoms with Crippen molar-refractivity contribution >= 4 is 11.6 Å². The van der Waals surface area contributed by atoms with Crippen LogP contribution in [-0.2, 0) is 4.79 Å². The number of carbonyl (C=O) groups is 1. The van der Waals surface area contributed by atoms with Gasteiger partial charge in [0.25, 0.3) is 0 Å². The lowest BCUT2D eigenvalue weighted by atomic mass is 10.00. The number of pyridine rings is 1. The van der Waals surface area contributed by atoms with Crippen molar-refractivity contribution in [2.75, 3.05) is 25.0 Å². The summed E-state index contributed by atoms with van der Waals surface area (Å²) in [5, 5.41) is 3.37. The SMILES string of the molecule is CC(=O)N1CC(CNc2ccnc(-c3ccc(C)c(F)c3)c2)C1. The first kappa shape index (κ1) is 15.5. The van der Waals surface area contributed by atoms with E-state index >= 15 is 0 Å². The van der Waals surface area contributed by atoms with Gasteiger partial charge >= 0.3 is 0 Å². The molecular formula is C18H20FN3O. The zero-order valence-corrected chi connectivity index (χ0v) is 13.3. The molecule has 1 N–H and O–H groups in total. The van der Waals surface area contributed by atoms with Gasteiger partial charge in [0.1, 0.15) is 5.82 Å². The molecule has 0 spiro atoms. The van der Waals surface area contributed by atoms with Gasteiger partial charge in [-0.3, -0.25) is 9.78 Å². The Morgan fingerprint density at radius 3 is 2.83 bits per heavy atom. The molecule has 1 saturated heterocycles. The van der Waals surface area contributed by atoms with Crippen LogP contribution in [0.1, 0.15) is 12.5 Å². The molecule has 1 amide bonds. The third-order valence-electron chi connectivity index (χ3n) is 4.22. The van der Waals surface area contributed by atoms with E-state index in [1.165, 1.54) is 6.07 Å². The first-order valence-corrected chi connectivity index (χ1v) is 7.75. The lowest BCUT2D eigenvalue weighted by Crippen LogP contribution is -2.51. The second-order valence-corrected chi connectivity index (χ2v) is 6.06. The van der Waals surface area contributed by atoms with Gasteiger partial charge in [0.15, 0.2) is 0 Å². The van der Waals surface area contributed by atoms with Crippen molar-refractivity contribution in [2.45, 2.75) is 13.8 Å². The van der Waals surface area contributed by atoms with Crippen LogP contribution < -0.4 is 5.32 Å². The first-order valence-electron chi connectivity index (χ1n) is 7.75. The van der Waals surface area contributed by atoms with E-state index in [1.54, 1.807) is 26.1 Å². The molecule has 2 heterocycles. The molecule has 5 heteroatoms. The number of aromatic nitrogens is 1. The van der Waals surface area contributed by atoms with E-state index in [4.69, 9.17) is 0 Å². The Hall–Kier alpha value is -2.43. The van der Waals surface area contributed by atoms with Gasteiger partial charge in [0.2, 0.25) is 5.91 Å². The van der Waals surface area contributed by atoms with Gasteiger partial charge in [-0.1, -0.05) is 12.1 Å². The molecule has 3 rings (SSSR count). The van der Waals surface area contributed by atoms with E-state index in [9.17, 15) is 9.18 Å². The van der Waals surface area contributed by atoms with Crippen molar-refractivity contribution < 1.29 is 9.18 Å². The van der Waals surface area contributed by atoms with E-state index in [0.29, 0.717) is 11.5 Å². The van der Waals surface area contributed by atoms with E-state index in [1.807, 2.05) is 23.1 Å². The Morgan fingerprint density at radius 2 is 2.13 bits per heavy atom. The highest BCUT2D eigenvalue weighted by atomic mass is 19.1. The molecule has 0 aliphatic carbocycles. The molecule has 1 aliphatic heterocycles. The minimum absolute atomic E-state index is 0.133. The molecule has 1 aliphatic rings. The molecule has 0 radical (unpaired) electrons. The highest BCUT2D eigenvalue weighted by molar-refractivity contribution is 5.74. The summed E-state index contributed by atoms with van der Waals surface area (Å²) in [5.74, 6) is 0.391. The third kappa shape index (κ3) is 3.50. The van der Waals surface area contributed by atoms with Gasteiger partial charge in [-0.2, -0.15) is 0 Å². The maximum absolute atomic E-state index is 13.7. The number of nitrogens with one attached hydrogen (secondary N) is 1. The van der Waals surface area contributed by atoms with Crippen LogP contribution in [0, 0.1) is 18.7 Å². The number of hydrogen-bond acceptors (Lipinski definition) is 3. The number of likely N-dealkylation sites (tertiary alicyclic amines) is 1. The maximum atomic E-state index is 13.7. The van der Waals surface area contributed by atoms with Crippen molar-refractivity contribution in [3.8, 4) is 11.3 Å². The van der Waals surface area contributed by atoms with Gasteiger partial charge in [-0.25, -0.2) is 4.39 Å². The smallest absolute Gasteiger partial charge is 0.219 e. The Morgan fingerprint density at radius 1 is 1.35 bits per heavy atom. The van der Waals surface area contributed by atoms with Crippen molar-refractivity contribution in [1.82, 2.24) is 9.88 Å². The Bertz CT molecular complexity index is 726. The average molecular weight is 313 g/mol. The first-order chi connectivity index (χ1) is 11.0. The van der Waals surface area contributed by atoms with E-state index in [-0.39, 0.29) is 11.7 Å². The van der Waals surface area contributed by atoms with Crippen LogP contribution in [0.15, 0.2) is 36.5 Å². The summed E-state index contributed by atoms with van der Waals surface area (Å²) in [6.07, 6.45) is 1.72. The molecule has 1 aromatic carbocycles. The van der Waals surface area contributed by atoms with Gasteiger partial charge in [-0.05, 0) is 30.7 Å². The number of halogens is 1. The van der Waals surface area contributed by atoms with Crippen molar-refractivity contribution in [2.24, 2.45) is 5.92 Å². The molecule has 2 aromatic rings. The van der Waals surface area contributed by atoms with Crippen molar-refractivity contribution in [1.29, 1.82) is 0 Å². The summed E-state index contributed by atoms with van der Waals surface area (Å²) in [5.41, 5.74) is 3.09. The largest absolute Gasteiger partial charge is 0.385 e. The molecule has 0 atom stereocenters. The Kier molecular flexibility index (Phi) is 4.28. The van der Waals surface area contributed by atoms with E-state index in [0.717, 1.165) is 36.6 Å². The summed E-state index contributed by atoms with van der Waals surface area (Å²) >= 11 is 0. The quantitative estimate of drug-likeness (QED) is 0.943. The summed E-state index contributed by atoms with van der Waals surface area (Å²) in [6.45, 7) is 5.77. The van der Waals surface area contributed by atoms with Gasteiger partial charge in [-0.15, -0.1) is 0 Å². The normalized spacial score (nSPS) is 14.5. The molecular weight excluding hydrogens is 293 g/mol. The second-order valence-electron chi connectivity index (χ2n) is 6.06. The number of rotatable bonds is 4. The van der Waals surface area contributed by atoms with Crippen LogP contribution in [0.4, 0.5) is 10.1 Å². The number of aryl methyl sites for hydroxylation is 1. The summed E-state index contributed by atoms with van der Waals surface area (Å²) in [7, 11) is 0. The summed E-state index contributed by atoms with van der Waals surface area (Å²) in [6, 6.07) is 8.97. The second kappa shape index (κ2) is 6.36. The topological polar surface area (TPSA) is 45.2 Å². The predicted octanol–water partition coefficient (Wildman–Crippen LogP) is 3.09. The molecule has 1 fully saturated rings. The van der Waals surface area contributed by atoms with Gasteiger partial charge in [0.05, 0.1) is 5.69 Å². The zero-order chi connectivity index (χ0) is 16.4. The Balaban J connectivity index is 1.64. The predicted molar refractivity (Wildman–Crippen MR) is 88.6 cm³/mol. The standard InChI is InChI=1S/C18H20FN3O/c1-12-3-4-15(7-17(12)19)18-8-16(5-6-20-18)21-9-14-10-22(11-14)13(2)23/h3-8,14H,9-11H2,1-2H3,(H,20,21). The van der Waals surface area contributed by atoms with Gasteiger partial charge < -0.3 is 10.2 Å². The molecule has 0 saturated carbocycles.